The fraction of sp³-hybridized carbons (Fsp3) is 0.500. The number of carbonyl (C=O) groups is 3. The topological polar surface area (TPSA) is 129 Å². The number of piperidine rings is 1. The second-order valence-electron chi connectivity index (χ2n) is 10.3. The molecule has 5 rings (SSSR count). The molecule has 37 heavy (non-hydrogen) atoms. The molecule has 2 aliphatic heterocycles. The molecule has 1 aromatic carbocycles. The summed E-state index contributed by atoms with van der Waals surface area (Å²) in [6, 6.07) is 9.43. The van der Waals surface area contributed by atoms with E-state index >= 15 is 0 Å². The molecule has 3 N–H and O–H groups in total. The molecule has 2 aromatic rings. The van der Waals surface area contributed by atoms with Gasteiger partial charge in [-0.2, -0.15) is 0 Å². The molecule has 198 valence electrons. The molecule has 0 spiro atoms. The number of hydrogen-bond acceptors (Lipinski definition) is 5. The van der Waals surface area contributed by atoms with Gasteiger partial charge in [0.15, 0.2) is 0 Å². The molecule has 0 unspecified atom stereocenters. The van der Waals surface area contributed by atoms with Gasteiger partial charge in [-0.25, -0.2) is 9.59 Å². The van der Waals surface area contributed by atoms with Crippen molar-refractivity contribution in [3.05, 3.63) is 58.4 Å². The fourth-order valence-electron chi connectivity index (χ4n) is 6.06. The van der Waals surface area contributed by atoms with Crippen LogP contribution in [0.1, 0.15) is 74.2 Å². The minimum Gasteiger partial charge on any atom is -0.478 e. The van der Waals surface area contributed by atoms with Gasteiger partial charge in [-0.3, -0.25) is 9.59 Å². The Hall–Kier alpha value is -3.46. The SMILES string of the molecule is CN1[C@@H]2CC[C@H]1C[C@@H](NC(=O)c1cn(C3CCCCC3)c3ccccc3c1=O)C2.O=C(O)/C=C\C(=O)O. The van der Waals surface area contributed by atoms with E-state index in [9.17, 15) is 19.2 Å². The van der Waals surface area contributed by atoms with Crippen LogP contribution in [0.3, 0.4) is 0 Å². The van der Waals surface area contributed by atoms with Crippen LogP contribution in [-0.2, 0) is 9.59 Å². The number of rotatable bonds is 5. The van der Waals surface area contributed by atoms with Crippen LogP contribution < -0.4 is 10.7 Å². The standard InChI is InChI=1S/C24H31N3O2.C4H4O4/c1-26-18-11-12-19(26)14-16(13-18)25-24(29)21-15-27(17-7-3-2-4-8-17)22-10-6-5-9-20(22)23(21)28;5-3(6)1-2-4(7)8/h5-6,9-10,15-19H,2-4,7-8,11-14H2,1H3,(H,25,29);1-2H,(H,5,6)(H,7,8)/b;2-1-/t16-,18+,19-;. The van der Waals surface area contributed by atoms with E-state index in [-0.39, 0.29) is 17.4 Å². The molecule has 2 saturated heterocycles. The lowest BCUT2D eigenvalue weighted by Gasteiger charge is -2.36. The Balaban J connectivity index is 0.000000349. The molecule has 0 radical (unpaired) electrons. The van der Waals surface area contributed by atoms with Crippen LogP contribution in [0, 0.1) is 0 Å². The van der Waals surface area contributed by atoms with Crippen LogP contribution in [0.4, 0.5) is 0 Å². The summed E-state index contributed by atoms with van der Waals surface area (Å²) in [5.74, 6) is -2.71. The highest BCUT2D eigenvalue weighted by Crippen LogP contribution is 2.34. The van der Waals surface area contributed by atoms with Gasteiger partial charge in [-0.1, -0.05) is 31.4 Å². The first-order chi connectivity index (χ1) is 17.7. The van der Waals surface area contributed by atoms with Crippen LogP contribution in [0.5, 0.6) is 0 Å². The average molecular weight is 510 g/mol. The van der Waals surface area contributed by atoms with Crippen molar-refractivity contribution in [3.63, 3.8) is 0 Å². The number of benzene rings is 1. The zero-order valence-electron chi connectivity index (χ0n) is 21.1. The van der Waals surface area contributed by atoms with Gasteiger partial charge in [0.1, 0.15) is 5.56 Å². The number of para-hydroxylation sites is 1. The maximum Gasteiger partial charge on any atom is 0.328 e. The maximum absolute atomic E-state index is 13.2. The number of aliphatic carboxylic acids is 2. The highest BCUT2D eigenvalue weighted by Gasteiger charge is 2.39. The molecule has 2 bridgehead atoms. The summed E-state index contributed by atoms with van der Waals surface area (Å²) in [5.41, 5.74) is 1.12. The molecular formula is C28H35N3O6. The molecule has 1 saturated carbocycles. The van der Waals surface area contributed by atoms with Gasteiger partial charge in [-0.05, 0) is 57.7 Å². The quantitative estimate of drug-likeness (QED) is 0.526. The van der Waals surface area contributed by atoms with E-state index in [2.05, 4.69) is 21.8 Å². The zero-order valence-corrected chi connectivity index (χ0v) is 21.1. The van der Waals surface area contributed by atoms with Crippen molar-refractivity contribution in [2.24, 2.45) is 0 Å². The summed E-state index contributed by atoms with van der Waals surface area (Å²) in [7, 11) is 2.20. The Morgan fingerprint density at radius 3 is 2.08 bits per heavy atom. The second-order valence-corrected chi connectivity index (χ2v) is 10.3. The molecule has 1 amide bonds. The average Bonchev–Trinajstić information content (AvgIpc) is 3.09. The molecule has 9 nitrogen and oxygen atoms in total. The van der Waals surface area contributed by atoms with Crippen LogP contribution in [-0.4, -0.2) is 62.7 Å². The van der Waals surface area contributed by atoms with Gasteiger partial charge in [0.05, 0.1) is 5.52 Å². The van der Waals surface area contributed by atoms with Crippen molar-refractivity contribution in [2.45, 2.75) is 82.0 Å². The lowest BCUT2D eigenvalue weighted by molar-refractivity contribution is -0.134. The first kappa shape index (κ1) is 26.6. The van der Waals surface area contributed by atoms with Crippen molar-refractivity contribution < 1.29 is 24.6 Å². The van der Waals surface area contributed by atoms with Crippen molar-refractivity contribution in [3.8, 4) is 0 Å². The molecule has 3 aliphatic rings. The van der Waals surface area contributed by atoms with E-state index in [1.54, 1.807) is 0 Å². The summed E-state index contributed by atoms with van der Waals surface area (Å²) in [4.78, 5) is 47.9. The number of carboxylic acids is 2. The number of pyridine rings is 1. The molecule has 1 aromatic heterocycles. The molecule has 3 heterocycles. The van der Waals surface area contributed by atoms with Gasteiger partial charge in [0.2, 0.25) is 5.43 Å². The van der Waals surface area contributed by atoms with Gasteiger partial charge < -0.3 is 25.0 Å². The van der Waals surface area contributed by atoms with E-state index in [1.165, 1.54) is 32.1 Å². The van der Waals surface area contributed by atoms with E-state index in [0.717, 1.165) is 31.2 Å². The third-order valence-electron chi connectivity index (χ3n) is 7.95. The van der Waals surface area contributed by atoms with Crippen molar-refractivity contribution in [2.75, 3.05) is 7.05 Å². The second kappa shape index (κ2) is 11.7. The van der Waals surface area contributed by atoms with Crippen LogP contribution in [0.2, 0.25) is 0 Å². The number of carbonyl (C=O) groups excluding carboxylic acids is 1. The van der Waals surface area contributed by atoms with Crippen molar-refractivity contribution >= 4 is 28.7 Å². The van der Waals surface area contributed by atoms with E-state index in [1.807, 2.05) is 30.5 Å². The number of carboxylic acid groups (broad SMARTS) is 2. The van der Waals surface area contributed by atoms with Gasteiger partial charge >= 0.3 is 11.9 Å². The highest BCUT2D eigenvalue weighted by atomic mass is 16.4. The summed E-state index contributed by atoms with van der Waals surface area (Å²) in [6.45, 7) is 0. The van der Waals surface area contributed by atoms with Crippen LogP contribution in [0.25, 0.3) is 10.9 Å². The minimum absolute atomic E-state index is 0.138. The molecule has 3 atom stereocenters. The monoisotopic (exact) mass is 509 g/mol. The Kier molecular flexibility index (Phi) is 8.43. The first-order valence-electron chi connectivity index (χ1n) is 13.0. The van der Waals surface area contributed by atoms with Crippen LogP contribution in [0.15, 0.2) is 47.4 Å². The summed E-state index contributed by atoms with van der Waals surface area (Å²) >= 11 is 0. The summed E-state index contributed by atoms with van der Waals surface area (Å²) in [5, 5.41) is 19.5. The number of fused-ring (bicyclic) bond motifs is 3. The Labute approximate surface area is 215 Å². The lowest BCUT2D eigenvalue weighted by atomic mass is 9.94. The normalized spacial score (nSPS) is 24.0. The fourth-order valence-corrected chi connectivity index (χ4v) is 6.06. The summed E-state index contributed by atoms with van der Waals surface area (Å²) in [6.07, 6.45) is 13.3. The number of nitrogens with one attached hydrogen (secondary N) is 1. The largest absolute Gasteiger partial charge is 0.478 e. The van der Waals surface area contributed by atoms with Crippen LogP contribution >= 0.6 is 0 Å². The first-order valence-corrected chi connectivity index (χ1v) is 13.0. The predicted octanol–water partition coefficient (Wildman–Crippen LogP) is 3.57. The smallest absolute Gasteiger partial charge is 0.328 e. The Morgan fingerprint density at radius 1 is 0.892 bits per heavy atom. The van der Waals surface area contributed by atoms with Gasteiger partial charge in [0, 0.05) is 47.9 Å². The number of nitrogens with zero attached hydrogens (tertiary/aromatic N) is 2. The summed E-state index contributed by atoms with van der Waals surface area (Å²) < 4.78 is 2.21. The Morgan fingerprint density at radius 2 is 1.49 bits per heavy atom. The zero-order chi connectivity index (χ0) is 26.5. The van der Waals surface area contributed by atoms with Crippen molar-refractivity contribution in [1.29, 1.82) is 0 Å². The third kappa shape index (κ3) is 6.28. The predicted molar refractivity (Wildman–Crippen MR) is 140 cm³/mol. The number of hydrogen-bond donors (Lipinski definition) is 3. The van der Waals surface area contributed by atoms with E-state index < -0.39 is 11.9 Å². The van der Waals surface area contributed by atoms with E-state index in [4.69, 9.17) is 10.2 Å². The van der Waals surface area contributed by atoms with Crippen molar-refractivity contribution in [1.82, 2.24) is 14.8 Å². The molecular weight excluding hydrogens is 474 g/mol. The molecule has 3 fully saturated rings. The van der Waals surface area contributed by atoms with Gasteiger partial charge in [0.25, 0.3) is 5.91 Å². The third-order valence-corrected chi connectivity index (χ3v) is 7.95. The maximum atomic E-state index is 13.2. The Bertz CT molecular complexity index is 1220. The molecule has 1 aliphatic carbocycles. The lowest BCUT2D eigenvalue weighted by Crippen LogP contribution is -2.49. The number of amides is 1. The minimum atomic E-state index is -1.26. The molecule has 9 heteroatoms. The van der Waals surface area contributed by atoms with E-state index in [0.29, 0.717) is 41.2 Å². The highest BCUT2D eigenvalue weighted by molar-refractivity contribution is 5.97. The number of aromatic nitrogens is 1. The van der Waals surface area contributed by atoms with Gasteiger partial charge in [-0.15, -0.1) is 0 Å².